The van der Waals surface area contributed by atoms with Crippen molar-refractivity contribution in [2.24, 2.45) is 0 Å². The Morgan fingerprint density at radius 1 is 1.16 bits per heavy atom. The molecular formula is C21H24N2O2. The van der Waals surface area contributed by atoms with Gasteiger partial charge in [0, 0.05) is 29.6 Å². The SMILES string of the molecule is O=C(CCc1c[nH]c2ccccc12)N(Cc1ccco1)C1CCCC1. The van der Waals surface area contributed by atoms with E-state index in [2.05, 4.69) is 17.1 Å². The van der Waals surface area contributed by atoms with Gasteiger partial charge in [-0.3, -0.25) is 4.79 Å². The Hall–Kier alpha value is -2.49. The predicted molar refractivity (Wildman–Crippen MR) is 98.1 cm³/mol. The Balaban J connectivity index is 1.46. The molecule has 2 heterocycles. The van der Waals surface area contributed by atoms with Crippen molar-refractivity contribution >= 4 is 16.8 Å². The summed E-state index contributed by atoms with van der Waals surface area (Å²) in [5.41, 5.74) is 2.35. The zero-order valence-corrected chi connectivity index (χ0v) is 14.4. The van der Waals surface area contributed by atoms with Crippen LogP contribution < -0.4 is 0 Å². The van der Waals surface area contributed by atoms with Crippen molar-refractivity contribution in [2.75, 3.05) is 0 Å². The lowest BCUT2D eigenvalue weighted by Crippen LogP contribution is -2.38. The van der Waals surface area contributed by atoms with Crippen LogP contribution in [0.3, 0.4) is 0 Å². The molecule has 0 radical (unpaired) electrons. The van der Waals surface area contributed by atoms with Crippen LogP contribution in [0.25, 0.3) is 10.9 Å². The minimum absolute atomic E-state index is 0.230. The third-order valence-electron chi connectivity index (χ3n) is 5.28. The van der Waals surface area contributed by atoms with Crippen LogP contribution in [-0.4, -0.2) is 21.8 Å². The van der Waals surface area contributed by atoms with Gasteiger partial charge in [-0.1, -0.05) is 31.0 Å². The highest BCUT2D eigenvalue weighted by Crippen LogP contribution is 2.26. The summed E-state index contributed by atoms with van der Waals surface area (Å²) in [6, 6.07) is 12.5. The Bertz CT molecular complexity index is 829. The summed E-state index contributed by atoms with van der Waals surface area (Å²) < 4.78 is 5.48. The first-order valence-electron chi connectivity index (χ1n) is 9.18. The minimum atomic E-state index is 0.230. The average Bonchev–Trinajstić information content (AvgIpc) is 3.39. The smallest absolute Gasteiger partial charge is 0.223 e. The van der Waals surface area contributed by atoms with E-state index in [1.165, 1.54) is 23.8 Å². The van der Waals surface area contributed by atoms with Gasteiger partial charge in [0.25, 0.3) is 0 Å². The monoisotopic (exact) mass is 336 g/mol. The van der Waals surface area contributed by atoms with Gasteiger partial charge in [-0.2, -0.15) is 0 Å². The zero-order valence-electron chi connectivity index (χ0n) is 14.4. The summed E-state index contributed by atoms with van der Waals surface area (Å²) in [5.74, 6) is 1.10. The van der Waals surface area contributed by atoms with Crippen LogP contribution in [0.15, 0.2) is 53.3 Å². The molecule has 0 saturated heterocycles. The third kappa shape index (κ3) is 3.48. The molecule has 0 spiro atoms. The number of carbonyl (C=O) groups is 1. The van der Waals surface area contributed by atoms with Gasteiger partial charge in [-0.15, -0.1) is 0 Å². The lowest BCUT2D eigenvalue weighted by molar-refractivity contribution is -0.134. The van der Waals surface area contributed by atoms with E-state index in [0.29, 0.717) is 19.0 Å². The van der Waals surface area contributed by atoms with E-state index in [1.807, 2.05) is 35.4 Å². The molecule has 4 nitrogen and oxygen atoms in total. The summed E-state index contributed by atoms with van der Waals surface area (Å²) in [6.45, 7) is 0.588. The van der Waals surface area contributed by atoms with Crippen LogP contribution >= 0.6 is 0 Å². The number of hydrogen-bond donors (Lipinski definition) is 1. The maximum atomic E-state index is 13.0. The number of aryl methyl sites for hydroxylation is 1. The lowest BCUT2D eigenvalue weighted by Gasteiger charge is -2.28. The summed E-state index contributed by atoms with van der Waals surface area (Å²) >= 11 is 0. The number of aromatic amines is 1. The van der Waals surface area contributed by atoms with E-state index in [1.54, 1.807) is 6.26 Å². The first-order chi connectivity index (χ1) is 12.3. The quantitative estimate of drug-likeness (QED) is 0.711. The summed E-state index contributed by atoms with van der Waals surface area (Å²) in [4.78, 5) is 18.3. The highest BCUT2D eigenvalue weighted by atomic mass is 16.3. The molecular weight excluding hydrogens is 312 g/mol. The van der Waals surface area contributed by atoms with E-state index < -0.39 is 0 Å². The number of para-hydroxylation sites is 1. The predicted octanol–water partition coefficient (Wildman–Crippen LogP) is 4.66. The van der Waals surface area contributed by atoms with Crippen LogP contribution in [-0.2, 0) is 17.8 Å². The standard InChI is InChI=1S/C21H24N2O2/c24-21(12-11-16-14-22-20-10-4-3-9-19(16)20)23(17-6-1-2-7-17)15-18-8-5-13-25-18/h3-5,8-10,13-14,17,22H,1-2,6-7,11-12,15H2. The van der Waals surface area contributed by atoms with E-state index >= 15 is 0 Å². The van der Waals surface area contributed by atoms with E-state index in [9.17, 15) is 4.79 Å². The fourth-order valence-electron chi connectivity index (χ4n) is 3.93. The molecule has 4 rings (SSSR count). The number of carbonyl (C=O) groups excluding carboxylic acids is 1. The Morgan fingerprint density at radius 2 is 2.00 bits per heavy atom. The van der Waals surface area contributed by atoms with Crippen molar-refractivity contribution in [3.8, 4) is 0 Å². The van der Waals surface area contributed by atoms with Crippen LogP contribution in [0, 0.1) is 0 Å². The Morgan fingerprint density at radius 3 is 2.80 bits per heavy atom. The highest BCUT2D eigenvalue weighted by Gasteiger charge is 2.27. The van der Waals surface area contributed by atoms with Crippen molar-refractivity contribution in [3.63, 3.8) is 0 Å². The number of amides is 1. The van der Waals surface area contributed by atoms with Crippen molar-refractivity contribution in [1.82, 2.24) is 9.88 Å². The first-order valence-corrected chi connectivity index (χ1v) is 9.18. The summed E-state index contributed by atoms with van der Waals surface area (Å²) in [5, 5.41) is 1.22. The van der Waals surface area contributed by atoms with Crippen molar-refractivity contribution in [3.05, 3.63) is 60.2 Å². The van der Waals surface area contributed by atoms with Gasteiger partial charge < -0.3 is 14.3 Å². The van der Waals surface area contributed by atoms with Crippen LogP contribution in [0.1, 0.15) is 43.4 Å². The van der Waals surface area contributed by atoms with E-state index in [0.717, 1.165) is 30.5 Å². The maximum absolute atomic E-state index is 13.0. The average molecular weight is 336 g/mol. The topological polar surface area (TPSA) is 49.2 Å². The molecule has 3 aromatic rings. The van der Waals surface area contributed by atoms with Gasteiger partial charge in [0.1, 0.15) is 5.76 Å². The van der Waals surface area contributed by atoms with Crippen LogP contribution in [0.2, 0.25) is 0 Å². The van der Waals surface area contributed by atoms with Gasteiger partial charge in [0.2, 0.25) is 5.91 Å². The molecule has 4 heteroatoms. The molecule has 1 N–H and O–H groups in total. The third-order valence-corrected chi connectivity index (χ3v) is 5.28. The second-order valence-corrected chi connectivity index (χ2v) is 6.90. The molecule has 25 heavy (non-hydrogen) atoms. The number of nitrogens with zero attached hydrogens (tertiary/aromatic N) is 1. The highest BCUT2D eigenvalue weighted by molar-refractivity contribution is 5.84. The molecule has 2 aromatic heterocycles. The minimum Gasteiger partial charge on any atom is -0.467 e. The number of nitrogens with one attached hydrogen (secondary N) is 1. The number of H-pyrrole nitrogens is 1. The first kappa shape index (κ1) is 16.0. The van der Waals surface area contributed by atoms with E-state index in [4.69, 9.17) is 4.42 Å². The van der Waals surface area contributed by atoms with Crippen molar-refractivity contribution in [1.29, 1.82) is 0 Å². The molecule has 0 bridgehead atoms. The maximum Gasteiger partial charge on any atom is 0.223 e. The Kier molecular flexibility index (Phi) is 4.59. The second-order valence-electron chi connectivity index (χ2n) is 6.90. The molecule has 130 valence electrons. The molecule has 1 aliphatic carbocycles. The lowest BCUT2D eigenvalue weighted by atomic mass is 10.1. The molecule has 1 aromatic carbocycles. The van der Waals surface area contributed by atoms with Crippen molar-refractivity contribution < 1.29 is 9.21 Å². The normalized spacial score (nSPS) is 15.0. The van der Waals surface area contributed by atoms with Gasteiger partial charge in [0.15, 0.2) is 0 Å². The molecule has 1 aliphatic rings. The Labute approximate surface area is 147 Å². The number of benzene rings is 1. The number of fused-ring (bicyclic) bond motifs is 1. The van der Waals surface area contributed by atoms with Crippen LogP contribution in [0.4, 0.5) is 0 Å². The van der Waals surface area contributed by atoms with E-state index in [-0.39, 0.29) is 5.91 Å². The molecule has 0 aliphatic heterocycles. The van der Waals surface area contributed by atoms with Crippen LogP contribution in [0.5, 0.6) is 0 Å². The van der Waals surface area contributed by atoms with Gasteiger partial charge in [0.05, 0.1) is 12.8 Å². The second kappa shape index (κ2) is 7.18. The van der Waals surface area contributed by atoms with Crippen molar-refractivity contribution in [2.45, 2.75) is 51.1 Å². The molecule has 1 fully saturated rings. The molecule has 0 atom stereocenters. The number of furan rings is 1. The molecule has 1 saturated carbocycles. The zero-order chi connectivity index (χ0) is 17.1. The number of rotatable bonds is 6. The summed E-state index contributed by atoms with van der Waals surface area (Å²) in [7, 11) is 0. The largest absolute Gasteiger partial charge is 0.467 e. The fourth-order valence-corrected chi connectivity index (χ4v) is 3.93. The van der Waals surface area contributed by atoms with Gasteiger partial charge in [-0.25, -0.2) is 0 Å². The van der Waals surface area contributed by atoms with Gasteiger partial charge in [-0.05, 0) is 43.0 Å². The number of aromatic nitrogens is 1. The van der Waals surface area contributed by atoms with Gasteiger partial charge >= 0.3 is 0 Å². The summed E-state index contributed by atoms with van der Waals surface area (Å²) in [6.07, 6.45) is 9.68. The fraction of sp³-hybridized carbons (Fsp3) is 0.381. The molecule has 0 unspecified atom stereocenters. The number of hydrogen-bond acceptors (Lipinski definition) is 2. The molecule has 1 amide bonds.